The molecule has 1 N–H and O–H groups in total. The molecule has 2 nitrogen and oxygen atoms in total. The lowest BCUT2D eigenvalue weighted by atomic mass is 10.0. The minimum atomic E-state index is 0. The topological polar surface area (TPSA) is 14.1 Å². The van der Waals surface area contributed by atoms with Gasteiger partial charge < -0.3 is 34.0 Å². The van der Waals surface area contributed by atoms with Crippen LogP contribution in [0.5, 0.6) is 0 Å². The SMILES string of the molecule is CCCCCCCC[N+]1(CCCCCCCC)C=CC(c2cc[nH+]cc2)=CC1.[Br-].[Br-]. The van der Waals surface area contributed by atoms with E-state index in [1.165, 1.54) is 106 Å². The van der Waals surface area contributed by atoms with Gasteiger partial charge in [-0.3, -0.25) is 4.48 Å². The fourth-order valence-electron chi connectivity index (χ4n) is 4.30. The molecule has 0 atom stereocenters. The number of rotatable bonds is 15. The minimum absolute atomic E-state index is 0. The summed E-state index contributed by atoms with van der Waals surface area (Å²) in [6.45, 7) is 8.38. The Morgan fingerprint density at radius 2 is 1.23 bits per heavy atom. The summed E-state index contributed by atoms with van der Waals surface area (Å²) in [5, 5.41) is 0. The Bertz CT molecular complexity index is 568. The van der Waals surface area contributed by atoms with E-state index in [-0.39, 0.29) is 34.0 Å². The minimum Gasteiger partial charge on any atom is -1.00 e. The second-order valence-electron chi connectivity index (χ2n) is 8.65. The highest BCUT2D eigenvalue weighted by Gasteiger charge is 2.26. The Kier molecular flexibility index (Phi) is 17.9. The number of aromatic nitrogens is 1. The van der Waals surface area contributed by atoms with Gasteiger partial charge in [-0.15, -0.1) is 0 Å². The van der Waals surface area contributed by atoms with Gasteiger partial charge in [-0.05, 0) is 49.0 Å². The van der Waals surface area contributed by atoms with Crippen LogP contribution in [0.4, 0.5) is 0 Å². The summed E-state index contributed by atoms with van der Waals surface area (Å²) in [5.74, 6) is 0. The van der Waals surface area contributed by atoms with Crippen molar-refractivity contribution in [3.63, 3.8) is 0 Å². The molecule has 0 spiro atoms. The summed E-state index contributed by atoms with van der Waals surface area (Å²) < 4.78 is 1.17. The number of unbranched alkanes of at least 4 members (excludes halogenated alkanes) is 10. The lowest BCUT2D eigenvalue weighted by molar-refractivity contribution is -0.874. The highest BCUT2D eigenvalue weighted by Crippen LogP contribution is 2.25. The van der Waals surface area contributed by atoms with Crippen LogP contribution in [0.3, 0.4) is 0 Å². The van der Waals surface area contributed by atoms with Crippen LogP contribution in [0.2, 0.25) is 0 Å². The first-order chi connectivity index (χ1) is 13.8. The van der Waals surface area contributed by atoms with Crippen LogP contribution in [0, 0.1) is 0 Å². The van der Waals surface area contributed by atoms with Gasteiger partial charge in [-0.2, -0.15) is 0 Å². The molecule has 2 rings (SSSR count). The maximum absolute atomic E-state index is 3.13. The molecule has 0 saturated heterocycles. The van der Waals surface area contributed by atoms with Crippen LogP contribution >= 0.6 is 0 Å². The van der Waals surface area contributed by atoms with E-state index in [0.717, 1.165) is 6.54 Å². The number of nitrogens with zero attached hydrogens (tertiary/aromatic N) is 1. The zero-order valence-corrected chi connectivity index (χ0v) is 22.5. The van der Waals surface area contributed by atoms with Crippen LogP contribution in [-0.2, 0) is 0 Å². The van der Waals surface area contributed by atoms with Crippen molar-refractivity contribution >= 4 is 5.57 Å². The van der Waals surface area contributed by atoms with Gasteiger partial charge in [0.15, 0.2) is 12.4 Å². The second-order valence-corrected chi connectivity index (χ2v) is 8.65. The van der Waals surface area contributed by atoms with E-state index in [1.807, 2.05) is 12.4 Å². The van der Waals surface area contributed by atoms with Crippen molar-refractivity contribution in [2.75, 3.05) is 19.6 Å². The van der Waals surface area contributed by atoms with E-state index >= 15 is 0 Å². The highest BCUT2D eigenvalue weighted by atomic mass is 79.9. The Balaban J connectivity index is 0.00000420. The maximum atomic E-state index is 3.13. The van der Waals surface area contributed by atoms with E-state index in [0.29, 0.717) is 0 Å². The number of H-pyrrole nitrogens is 1. The third-order valence-corrected chi connectivity index (χ3v) is 6.21. The van der Waals surface area contributed by atoms with Crippen LogP contribution in [0.25, 0.3) is 5.57 Å². The van der Waals surface area contributed by atoms with Gasteiger partial charge in [0.2, 0.25) is 0 Å². The lowest BCUT2D eigenvalue weighted by Gasteiger charge is -2.36. The Hall–Kier alpha value is -0.450. The molecular formula is C26H44Br2N2. The summed E-state index contributed by atoms with van der Waals surface area (Å²) in [7, 11) is 0. The Morgan fingerprint density at radius 1 is 0.733 bits per heavy atom. The Labute approximate surface area is 207 Å². The van der Waals surface area contributed by atoms with E-state index in [1.54, 1.807) is 0 Å². The summed E-state index contributed by atoms with van der Waals surface area (Å²) in [4.78, 5) is 3.13. The third kappa shape index (κ3) is 11.2. The highest BCUT2D eigenvalue weighted by molar-refractivity contribution is 5.73. The zero-order valence-electron chi connectivity index (χ0n) is 19.4. The van der Waals surface area contributed by atoms with Crippen molar-refractivity contribution in [2.45, 2.75) is 90.9 Å². The standard InChI is InChI=1S/C26H43N2.2BrH/c1-3-5-7-9-11-13-21-28(22-14-12-10-8-6-4-2)23-17-26(18-24-28)25-15-19-27-20-16-25;;/h15-20,23H,3-14,21-22,24H2,1-2H3;2*1H/q+1;;/p-1. The summed E-state index contributed by atoms with van der Waals surface area (Å²) in [6, 6.07) is 4.36. The normalized spacial score (nSPS) is 14.5. The quantitative estimate of drug-likeness (QED) is 0.231. The smallest absolute Gasteiger partial charge is 0.167 e. The average molecular weight is 544 g/mol. The summed E-state index contributed by atoms with van der Waals surface area (Å²) in [5.41, 5.74) is 2.71. The second kappa shape index (κ2) is 18.2. The molecule has 0 aliphatic carbocycles. The molecule has 4 heteroatoms. The predicted molar refractivity (Wildman–Crippen MR) is 122 cm³/mol. The monoisotopic (exact) mass is 542 g/mol. The van der Waals surface area contributed by atoms with Crippen molar-refractivity contribution in [3.05, 3.63) is 48.4 Å². The fraction of sp³-hybridized carbons (Fsp3) is 0.654. The molecule has 0 unspecified atom stereocenters. The van der Waals surface area contributed by atoms with Gasteiger partial charge in [0.25, 0.3) is 0 Å². The lowest BCUT2D eigenvalue weighted by Crippen LogP contribution is -3.00. The molecule has 0 saturated carbocycles. The maximum Gasteiger partial charge on any atom is 0.167 e. The van der Waals surface area contributed by atoms with Crippen LogP contribution in [-0.4, -0.2) is 24.1 Å². The Morgan fingerprint density at radius 3 is 1.70 bits per heavy atom. The van der Waals surface area contributed by atoms with Crippen molar-refractivity contribution in [1.82, 2.24) is 0 Å². The van der Waals surface area contributed by atoms with E-state index in [9.17, 15) is 0 Å². The molecule has 2 heterocycles. The van der Waals surface area contributed by atoms with Gasteiger partial charge in [0.05, 0.1) is 19.3 Å². The van der Waals surface area contributed by atoms with Gasteiger partial charge >= 0.3 is 0 Å². The average Bonchev–Trinajstić information content (AvgIpc) is 2.74. The van der Waals surface area contributed by atoms with E-state index < -0.39 is 0 Å². The first-order valence-corrected chi connectivity index (χ1v) is 12.0. The molecule has 0 amide bonds. The van der Waals surface area contributed by atoms with Crippen molar-refractivity contribution in [1.29, 1.82) is 0 Å². The molecule has 0 fully saturated rings. The molecule has 30 heavy (non-hydrogen) atoms. The van der Waals surface area contributed by atoms with Crippen LogP contribution < -0.4 is 38.9 Å². The van der Waals surface area contributed by atoms with Crippen molar-refractivity contribution < 1.29 is 43.4 Å². The number of aromatic amines is 1. The van der Waals surface area contributed by atoms with Crippen LogP contribution in [0.1, 0.15) is 96.5 Å². The molecule has 1 aromatic rings. The fourth-order valence-corrected chi connectivity index (χ4v) is 4.30. The van der Waals surface area contributed by atoms with Gasteiger partial charge in [-0.1, -0.05) is 65.2 Å². The van der Waals surface area contributed by atoms with Gasteiger partial charge in [0, 0.05) is 12.1 Å². The van der Waals surface area contributed by atoms with Gasteiger partial charge in [0.1, 0.15) is 6.54 Å². The van der Waals surface area contributed by atoms with E-state index in [4.69, 9.17) is 0 Å². The molecule has 0 radical (unpaired) electrons. The largest absolute Gasteiger partial charge is 1.00 e. The number of hydrogen-bond donors (Lipinski definition) is 0. The molecule has 0 aromatic carbocycles. The first-order valence-electron chi connectivity index (χ1n) is 12.0. The zero-order chi connectivity index (χ0) is 19.9. The number of halogens is 2. The number of nitrogens with one attached hydrogen (secondary N) is 1. The number of quaternary nitrogens is 1. The van der Waals surface area contributed by atoms with Crippen molar-refractivity contribution in [3.8, 4) is 0 Å². The molecule has 0 bridgehead atoms. The molecular weight excluding hydrogens is 500 g/mol. The summed E-state index contributed by atoms with van der Waals surface area (Å²) >= 11 is 0. The number of pyridine rings is 1. The first kappa shape index (κ1) is 29.5. The molecule has 1 aliphatic heterocycles. The number of hydrogen-bond acceptors (Lipinski definition) is 0. The number of allylic oxidation sites excluding steroid dienone is 2. The summed E-state index contributed by atoms with van der Waals surface area (Å²) in [6.07, 6.45) is 28.1. The predicted octanol–water partition coefficient (Wildman–Crippen LogP) is 0.957. The van der Waals surface area contributed by atoms with Gasteiger partial charge in [-0.25, -0.2) is 4.98 Å². The van der Waals surface area contributed by atoms with Crippen LogP contribution in [0.15, 0.2) is 42.9 Å². The third-order valence-electron chi connectivity index (χ3n) is 6.21. The van der Waals surface area contributed by atoms with Crippen molar-refractivity contribution in [2.24, 2.45) is 0 Å². The molecule has 1 aromatic heterocycles. The van der Waals surface area contributed by atoms with E-state index in [2.05, 4.69) is 49.3 Å². The molecule has 172 valence electrons. The molecule has 1 aliphatic rings.